The molecule has 0 aliphatic rings. The van der Waals surface area contributed by atoms with E-state index in [1.165, 1.54) is 0 Å². The average molecular weight is 338 g/mol. The van der Waals surface area contributed by atoms with Crippen LogP contribution in [0.2, 0.25) is 0 Å². The van der Waals surface area contributed by atoms with Crippen molar-refractivity contribution in [1.82, 2.24) is 5.32 Å². The first-order valence-corrected chi connectivity index (χ1v) is 7.60. The zero-order valence-corrected chi connectivity index (χ0v) is 13.5. The summed E-state index contributed by atoms with van der Waals surface area (Å²) in [5, 5.41) is 3.25. The van der Waals surface area contributed by atoms with Crippen molar-refractivity contribution in [3.05, 3.63) is 57.5 Å². The first kappa shape index (κ1) is 15.3. The minimum Gasteiger partial charge on any atom is -0.465 e. The lowest BCUT2D eigenvalue weighted by molar-refractivity contribution is 0.106. The Hall–Kier alpha value is -1.10. The second-order valence-electron chi connectivity index (χ2n) is 4.66. The van der Waals surface area contributed by atoms with Crippen LogP contribution < -0.4 is 5.32 Å². The zero-order chi connectivity index (χ0) is 14.4. The highest BCUT2D eigenvalue weighted by molar-refractivity contribution is 9.10. The van der Waals surface area contributed by atoms with E-state index in [0.29, 0.717) is 13.2 Å². The molecule has 0 bridgehead atoms. The Labute approximate surface area is 128 Å². The summed E-state index contributed by atoms with van der Waals surface area (Å²) < 4.78 is 12.5. The summed E-state index contributed by atoms with van der Waals surface area (Å²) in [7, 11) is 0. The highest BCUT2D eigenvalue weighted by atomic mass is 79.9. The van der Waals surface area contributed by atoms with Crippen LogP contribution in [0, 0.1) is 6.92 Å². The van der Waals surface area contributed by atoms with Gasteiger partial charge in [-0.25, -0.2) is 0 Å². The summed E-state index contributed by atoms with van der Waals surface area (Å²) in [5.41, 5.74) is 2.27. The van der Waals surface area contributed by atoms with E-state index in [0.717, 1.165) is 40.2 Å². The Balaban J connectivity index is 1.88. The molecule has 2 rings (SSSR count). The van der Waals surface area contributed by atoms with Gasteiger partial charge >= 0.3 is 0 Å². The second kappa shape index (κ2) is 7.62. The van der Waals surface area contributed by atoms with E-state index in [1.807, 2.05) is 25.1 Å². The van der Waals surface area contributed by atoms with Gasteiger partial charge in [0.15, 0.2) is 0 Å². The summed E-state index contributed by atoms with van der Waals surface area (Å²) in [4.78, 5) is 0. The molecule has 1 N–H and O–H groups in total. The van der Waals surface area contributed by atoms with Crippen LogP contribution in [-0.2, 0) is 24.5 Å². The summed E-state index contributed by atoms with van der Waals surface area (Å²) in [6, 6.07) is 10.2. The number of furan rings is 1. The number of halogens is 1. The summed E-state index contributed by atoms with van der Waals surface area (Å²) in [5.74, 6) is 1.90. The van der Waals surface area contributed by atoms with Gasteiger partial charge in [0.1, 0.15) is 11.5 Å². The third-order valence-electron chi connectivity index (χ3n) is 3.09. The summed E-state index contributed by atoms with van der Waals surface area (Å²) in [6.45, 7) is 6.93. The van der Waals surface area contributed by atoms with E-state index >= 15 is 0 Å². The maximum Gasteiger partial charge on any atom is 0.118 e. The molecular weight excluding hydrogens is 318 g/mol. The minimum atomic E-state index is 0.572. The molecule has 0 atom stereocenters. The van der Waals surface area contributed by atoms with Gasteiger partial charge in [0.2, 0.25) is 0 Å². The van der Waals surface area contributed by atoms with Crippen LogP contribution in [0.3, 0.4) is 0 Å². The molecule has 0 saturated heterocycles. The number of nitrogens with one attached hydrogen (secondary N) is 1. The first-order valence-electron chi connectivity index (χ1n) is 6.80. The van der Waals surface area contributed by atoms with Crippen LogP contribution >= 0.6 is 15.9 Å². The van der Waals surface area contributed by atoms with E-state index in [4.69, 9.17) is 9.15 Å². The first-order chi connectivity index (χ1) is 9.70. The van der Waals surface area contributed by atoms with Crippen LogP contribution in [0.4, 0.5) is 0 Å². The Bertz CT molecular complexity index is 551. The van der Waals surface area contributed by atoms with Gasteiger partial charge < -0.3 is 14.5 Å². The number of aryl methyl sites for hydroxylation is 1. The maximum absolute atomic E-state index is 5.77. The number of rotatable bonds is 7. The van der Waals surface area contributed by atoms with Gasteiger partial charge in [-0.1, -0.05) is 41.1 Å². The van der Waals surface area contributed by atoms with Gasteiger partial charge in [-0.3, -0.25) is 0 Å². The number of benzene rings is 1. The molecular formula is C16H20BrNO2. The van der Waals surface area contributed by atoms with Crippen LogP contribution in [0.1, 0.15) is 29.6 Å². The average Bonchev–Trinajstić information content (AvgIpc) is 2.79. The molecule has 1 heterocycles. The van der Waals surface area contributed by atoms with Crippen LogP contribution in [0.25, 0.3) is 0 Å². The Kier molecular flexibility index (Phi) is 5.83. The third kappa shape index (κ3) is 4.20. The SMILES string of the molecule is CCNCc1cc(COCc2ccccc2Br)c(C)o1. The van der Waals surface area contributed by atoms with Crippen molar-refractivity contribution in [2.75, 3.05) is 6.54 Å². The van der Waals surface area contributed by atoms with E-state index in [9.17, 15) is 0 Å². The fourth-order valence-electron chi connectivity index (χ4n) is 1.95. The second-order valence-corrected chi connectivity index (χ2v) is 5.51. The molecule has 0 saturated carbocycles. The molecule has 3 nitrogen and oxygen atoms in total. The normalized spacial score (nSPS) is 10.9. The molecule has 0 spiro atoms. The topological polar surface area (TPSA) is 34.4 Å². The predicted molar refractivity (Wildman–Crippen MR) is 83.5 cm³/mol. The number of hydrogen-bond donors (Lipinski definition) is 1. The largest absolute Gasteiger partial charge is 0.465 e. The van der Waals surface area contributed by atoms with Gasteiger partial charge in [0.25, 0.3) is 0 Å². The monoisotopic (exact) mass is 337 g/mol. The Morgan fingerprint density at radius 2 is 1.95 bits per heavy atom. The highest BCUT2D eigenvalue weighted by Gasteiger charge is 2.07. The summed E-state index contributed by atoms with van der Waals surface area (Å²) in [6.07, 6.45) is 0. The molecule has 1 aromatic carbocycles. The van der Waals surface area contributed by atoms with Gasteiger partial charge in [-0.2, -0.15) is 0 Å². The quantitative estimate of drug-likeness (QED) is 0.823. The molecule has 1 aromatic heterocycles. The molecule has 20 heavy (non-hydrogen) atoms. The maximum atomic E-state index is 5.77. The predicted octanol–water partition coefficient (Wildman–Crippen LogP) is 4.18. The van der Waals surface area contributed by atoms with Crippen molar-refractivity contribution in [3.8, 4) is 0 Å². The fraction of sp³-hybridized carbons (Fsp3) is 0.375. The number of hydrogen-bond acceptors (Lipinski definition) is 3. The standard InChI is InChI=1S/C16H20BrNO2/c1-3-18-9-15-8-14(12(2)20-15)11-19-10-13-6-4-5-7-16(13)17/h4-8,18H,3,9-11H2,1-2H3. The molecule has 108 valence electrons. The molecule has 0 fully saturated rings. The van der Waals surface area contributed by atoms with E-state index in [-0.39, 0.29) is 0 Å². The lowest BCUT2D eigenvalue weighted by atomic mass is 10.2. The van der Waals surface area contributed by atoms with Crippen LogP contribution in [0.15, 0.2) is 39.2 Å². The minimum absolute atomic E-state index is 0.572. The molecule has 2 aromatic rings. The molecule has 0 aliphatic carbocycles. The lowest BCUT2D eigenvalue weighted by Crippen LogP contribution is -2.10. The molecule has 0 radical (unpaired) electrons. The van der Waals surface area contributed by atoms with Crippen molar-refractivity contribution in [3.63, 3.8) is 0 Å². The molecule has 0 unspecified atom stereocenters. The van der Waals surface area contributed by atoms with E-state index < -0.39 is 0 Å². The molecule has 4 heteroatoms. The van der Waals surface area contributed by atoms with Crippen molar-refractivity contribution < 1.29 is 9.15 Å². The van der Waals surface area contributed by atoms with Crippen molar-refractivity contribution in [2.45, 2.75) is 33.6 Å². The Morgan fingerprint density at radius 1 is 1.20 bits per heavy atom. The van der Waals surface area contributed by atoms with Gasteiger partial charge in [-0.05, 0) is 31.2 Å². The van der Waals surface area contributed by atoms with Crippen molar-refractivity contribution >= 4 is 15.9 Å². The van der Waals surface area contributed by atoms with Gasteiger partial charge in [-0.15, -0.1) is 0 Å². The molecule has 0 aliphatic heterocycles. The third-order valence-corrected chi connectivity index (χ3v) is 3.87. The number of ether oxygens (including phenoxy) is 1. The van der Waals surface area contributed by atoms with Crippen LogP contribution in [-0.4, -0.2) is 6.54 Å². The lowest BCUT2D eigenvalue weighted by Gasteiger charge is -2.05. The highest BCUT2D eigenvalue weighted by Crippen LogP contribution is 2.19. The van der Waals surface area contributed by atoms with E-state index in [1.54, 1.807) is 0 Å². The molecule has 0 amide bonds. The van der Waals surface area contributed by atoms with Gasteiger partial charge in [0.05, 0.1) is 19.8 Å². The van der Waals surface area contributed by atoms with Crippen LogP contribution in [0.5, 0.6) is 0 Å². The van der Waals surface area contributed by atoms with Crippen molar-refractivity contribution in [1.29, 1.82) is 0 Å². The smallest absolute Gasteiger partial charge is 0.118 e. The van der Waals surface area contributed by atoms with E-state index in [2.05, 4.69) is 40.3 Å². The fourth-order valence-corrected chi connectivity index (χ4v) is 2.35. The van der Waals surface area contributed by atoms with Gasteiger partial charge in [0, 0.05) is 10.0 Å². The van der Waals surface area contributed by atoms with Crippen molar-refractivity contribution in [2.24, 2.45) is 0 Å². The summed E-state index contributed by atoms with van der Waals surface area (Å²) >= 11 is 3.52. The Morgan fingerprint density at radius 3 is 2.70 bits per heavy atom. The zero-order valence-electron chi connectivity index (χ0n) is 11.9.